The number of nitrogens with zero attached hydrogens (tertiary/aromatic N) is 4. The predicted molar refractivity (Wildman–Crippen MR) is 116 cm³/mol. The summed E-state index contributed by atoms with van der Waals surface area (Å²) >= 11 is 0. The minimum absolute atomic E-state index is 0.0465. The molecule has 0 aliphatic carbocycles. The smallest absolute Gasteiger partial charge is 0.263 e. The largest absolute Gasteiger partial charge is 0.336 e. The molecule has 0 aliphatic heterocycles. The molecule has 0 saturated carbocycles. The summed E-state index contributed by atoms with van der Waals surface area (Å²) < 4.78 is 1.72. The van der Waals surface area contributed by atoms with E-state index >= 15 is 0 Å². The van der Waals surface area contributed by atoms with Gasteiger partial charge in [0.1, 0.15) is 5.39 Å². The second-order valence-corrected chi connectivity index (χ2v) is 8.53. The molecule has 8 nitrogen and oxygen atoms in total. The Balaban J connectivity index is 1.85. The average Bonchev–Trinajstić information content (AvgIpc) is 3.03. The van der Waals surface area contributed by atoms with Gasteiger partial charge >= 0.3 is 0 Å². The summed E-state index contributed by atoms with van der Waals surface area (Å²) in [6.45, 7) is 12.0. The van der Waals surface area contributed by atoms with Crippen LogP contribution in [0.15, 0.2) is 23.1 Å². The summed E-state index contributed by atoms with van der Waals surface area (Å²) in [6, 6.07) is 4.07. The first kappa shape index (κ1) is 20.6. The Labute approximate surface area is 169 Å². The summed E-state index contributed by atoms with van der Waals surface area (Å²) in [5, 5.41) is 7.70. The monoisotopic (exact) mass is 396 g/mol. The Morgan fingerprint density at radius 1 is 1.21 bits per heavy atom. The molecule has 0 spiro atoms. The first-order valence-electron chi connectivity index (χ1n) is 9.54. The maximum atomic E-state index is 12.6. The number of anilines is 2. The topological polar surface area (TPSA) is 95.9 Å². The second kappa shape index (κ2) is 7.35. The van der Waals surface area contributed by atoms with E-state index in [4.69, 9.17) is 0 Å². The SMILES string of the molecule is Cc1cc(C)c(NC(=O)CN(C)c2nc3c(cnn3C(C)(C)C)c(=O)[nH]2)c(C)c1. The normalized spacial score (nSPS) is 11.7. The van der Waals surface area contributed by atoms with Gasteiger partial charge in [-0.05, 0) is 52.7 Å². The van der Waals surface area contributed by atoms with Crippen LogP contribution in [-0.4, -0.2) is 39.2 Å². The molecule has 1 amide bonds. The van der Waals surface area contributed by atoms with E-state index in [2.05, 4.69) is 20.4 Å². The van der Waals surface area contributed by atoms with Crippen molar-refractivity contribution in [2.45, 2.75) is 47.1 Å². The van der Waals surface area contributed by atoms with Crippen molar-refractivity contribution in [1.82, 2.24) is 19.7 Å². The summed E-state index contributed by atoms with van der Waals surface area (Å²) in [5.74, 6) is 0.135. The molecule has 0 unspecified atom stereocenters. The number of aromatic amines is 1. The molecule has 2 heterocycles. The van der Waals surface area contributed by atoms with Crippen LogP contribution >= 0.6 is 0 Å². The quantitative estimate of drug-likeness (QED) is 0.707. The molecule has 3 aromatic rings. The maximum Gasteiger partial charge on any atom is 0.263 e. The van der Waals surface area contributed by atoms with Crippen molar-refractivity contribution in [1.29, 1.82) is 0 Å². The summed E-state index contributed by atoms with van der Waals surface area (Å²) in [4.78, 5) is 34.0. The number of carbonyl (C=O) groups is 1. The zero-order valence-electron chi connectivity index (χ0n) is 18.0. The van der Waals surface area contributed by atoms with Gasteiger partial charge in [-0.15, -0.1) is 0 Å². The van der Waals surface area contributed by atoms with Gasteiger partial charge in [-0.1, -0.05) is 17.7 Å². The van der Waals surface area contributed by atoms with Crippen LogP contribution < -0.4 is 15.8 Å². The van der Waals surface area contributed by atoms with Crippen LogP contribution in [0.3, 0.4) is 0 Å². The van der Waals surface area contributed by atoms with Crippen LogP contribution in [0.1, 0.15) is 37.5 Å². The molecule has 0 aliphatic rings. The van der Waals surface area contributed by atoms with Crippen molar-refractivity contribution in [3.05, 3.63) is 45.4 Å². The minimum atomic E-state index is -0.323. The Kier molecular flexibility index (Phi) is 5.21. The van der Waals surface area contributed by atoms with Crippen LogP contribution in [0.25, 0.3) is 11.0 Å². The highest BCUT2D eigenvalue weighted by Gasteiger charge is 2.21. The molecule has 8 heteroatoms. The molecule has 0 saturated heterocycles. The number of nitrogens with one attached hydrogen (secondary N) is 2. The fourth-order valence-corrected chi connectivity index (χ4v) is 3.43. The van der Waals surface area contributed by atoms with E-state index in [9.17, 15) is 9.59 Å². The first-order chi connectivity index (χ1) is 13.5. The second-order valence-electron chi connectivity index (χ2n) is 8.53. The molecule has 0 radical (unpaired) electrons. The summed E-state index contributed by atoms with van der Waals surface area (Å²) in [6.07, 6.45) is 1.52. The number of likely N-dealkylation sites (N-methyl/N-ethyl adjacent to an activating group) is 1. The third kappa shape index (κ3) is 4.16. The van der Waals surface area contributed by atoms with Gasteiger partial charge < -0.3 is 10.2 Å². The highest BCUT2D eigenvalue weighted by molar-refractivity contribution is 5.95. The van der Waals surface area contributed by atoms with Crippen LogP contribution in [0, 0.1) is 20.8 Å². The van der Waals surface area contributed by atoms with Crippen molar-refractivity contribution in [2.24, 2.45) is 0 Å². The predicted octanol–water partition coefficient (Wildman–Crippen LogP) is 2.87. The van der Waals surface area contributed by atoms with E-state index in [0.717, 1.165) is 22.4 Å². The van der Waals surface area contributed by atoms with Crippen molar-refractivity contribution >= 4 is 28.6 Å². The van der Waals surface area contributed by atoms with E-state index in [-0.39, 0.29) is 23.6 Å². The lowest BCUT2D eigenvalue weighted by molar-refractivity contribution is -0.114. The number of aryl methyl sites for hydroxylation is 3. The average molecular weight is 396 g/mol. The molecule has 0 fully saturated rings. The third-order valence-electron chi connectivity index (χ3n) is 4.74. The van der Waals surface area contributed by atoms with E-state index in [0.29, 0.717) is 17.0 Å². The van der Waals surface area contributed by atoms with Crippen molar-refractivity contribution in [2.75, 3.05) is 23.8 Å². The molecule has 3 rings (SSSR count). The van der Waals surface area contributed by atoms with Crippen LogP contribution in [0.4, 0.5) is 11.6 Å². The van der Waals surface area contributed by atoms with Crippen LogP contribution in [0.2, 0.25) is 0 Å². The number of H-pyrrole nitrogens is 1. The zero-order valence-corrected chi connectivity index (χ0v) is 18.0. The summed E-state index contributed by atoms with van der Waals surface area (Å²) in [7, 11) is 1.72. The van der Waals surface area contributed by atoms with Gasteiger partial charge in [-0.2, -0.15) is 10.1 Å². The zero-order chi connectivity index (χ0) is 21.5. The van der Waals surface area contributed by atoms with Crippen LogP contribution in [-0.2, 0) is 10.3 Å². The van der Waals surface area contributed by atoms with Gasteiger partial charge in [0.05, 0.1) is 18.3 Å². The molecule has 29 heavy (non-hydrogen) atoms. The Bertz CT molecular complexity index is 1110. The van der Waals surface area contributed by atoms with E-state index in [1.165, 1.54) is 6.20 Å². The maximum absolute atomic E-state index is 12.6. The lowest BCUT2D eigenvalue weighted by atomic mass is 10.1. The number of carbonyl (C=O) groups excluding carboxylic acids is 1. The molecule has 1 aromatic carbocycles. The number of hydrogen-bond acceptors (Lipinski definition) is 5. The van der Waals surface area contributed by atoms with E-state index < -0.39 is 0 Å². The number of aromatic nitrogens is 4. The highest BCUT2D eigenvalue weighted by Crippen LogP contribution is 2.22. The van der Waals surface area contributed by atoms with Crippen molar-refractivity contribution < 1.29 is 4.79 Å². The van der Waals surface area contributed by atoms with E-state index in [1.54, 1.807) is 16.6 Å². The molecule has 154 valence electrons. The van der Waals surface area contributed by atoms with Gasteiger partial charge in [-0.3, -0.25) is 14.6 Å². The van der Waals surface area contributed by atoms with Gasteiger partial charge in [0.25, 0.3) is 5.56 Å². The Hall–Kier alpha value is -3.16. The standard InChI is InChI=1S/C21H28N6O2/c1-12-8-13(2)17(14(3)9-12)23-16(28)11-26(7)20-24-18-15(19(29)25-20)10-22-27(18)21(4,5)6/h8-10H,11H2,1-7H3,(H,23,28)(H,24,25,29). The fourth-order valence-electron chi connectivity index (χ4n) is 3.43. The Morgan fingerprint density at radius 3 is 2.41 bits per heavy atom. The summed E-state index contributed by atoms with van der Waals surface area (Å²) in [5.41, 5.74) is 3.89. The molecular formula is C21H28N6O2. The molecule has 2 N–H and O–H groups in total. The number of fused-ring (bicyclic) bond motifs is 1. The molecule has 0 bridgehead atoms. The Morgan fingerprint density at radius 2 is 1.83 bits per heavy atom. The molecular weight excluding hydrogens is 368 g/mol. The van der Waals surface area contributed by atoms with E-state index in [1.807, 2.05) is 53.7 Å². The van der Waals surface area contributed by atoms with Crippen molar-refractivity contribution in [3.63, 3.8) is 0 Å². The van der Waals surface area contributed by atoms with Gasteiger partial charge in [0, 0.05) is 12.7 Å². The van der Waals surface area contributed by atoms with Crippen LogP contribution in [0.5, 0.6) is 0 Å². The highest BCUT2D eigenvalue weighted by atomic mass is 16.2. The van der Waals surface area contributed by atoms with Gasteiger partial charge in [-0.25, -0.2) is 4.68 Å². The number of amides is 1. The first-order valence-corrected chi connectivity index (χ1v) is 9.54. The molecule has 2 aromatic heterocycles. The number of benzene rings is 1. The lowest BCUT2D eigenvalue weighted by Gasteiger charge is -2.21. The van der Waals surface area contributed by atoms with Gasteiger partial charge in [0.15, 0.2) is 5.65 Å². The lowest BCUT2D eigenvalue weighted by Crippen LogP contribution is -2.33. The minimum Gasteiger partial charge on any atom is -0.336 e. The third-order valence-corrected chi connectivity index (χ3v) is 4.74. The van der Waals surface area contributed by atoms with Crippen molar-refractivity contribution in [3.8, 4) is 0 Å². The number of hydrogen-bond donors (Lipinski definition) is 2. The van der Waals surface area contributed by atoms with Gasteiger partial charge in [0.2, 0.25) is 11.9 Å². The fraction of sp³-hybridized carbons (Fsp3) is 0.429. The molecule has 0 atom stereocenters. The number of rotatable bonds is 4.